The highest BCUT2D eigenvalue weighted by atomic mass is 16.5. The van der Waals surface area contributed by atoms with Crippen molar-refractivity contribution in [3.8, 4) is 0 Å². The zero-order chi connectivity index (χ0) is 12.9. The molecule has 0 aromatic carbocycles. The third kappa shape index (κ3) is 9.05. The second-order valence-corrected chi connectivity index (χ2v) is 3.54. The van der Waals surface area contributed by atoms with Crippen LogP contribution < -0.4 is 5.32 Å². The fraction of sp³-hybridized carbons (Fsp3) is 0.909. The van der Waals surface area contributed by atoms with E-state index in [9.17, 15) is 4.79 Å². The highest BCUT2D eigenvalue weighted by Crippen LogP contribution is 1.90. The van der Waals surface area contributed by atoms with Crippen molar-refractivity contribution in [1.82, 2.24) is 10.2 Å². The summed E-state index contributed by atoms with van der Waals surface area (Å²) in [6.45, 7) is 3.83. The summed E-state index contributed by atoms with van der Waals surface area (Å²) in [4.78, 5) is 13.6. The Morgan fingerprint density at radius 2 is 1.53 bits per heavy atom. The zero-order valence-corrected chi connectivity index (χ0v) is 11.0. The molecule has 0 saturated heterocycles. The lowest BCUT2D eigenvalue weighted by Crippen LogP contribution is -2.42. The van der Waals surface area contributed by atoms with Gasteiger partial charge in [-0.1, -0.05) is 0 Å². The number of nitrogens with zero attached hydrogens (tertiary/aromatic N) is 1. The number of amides is 1. The lowest BCUT2D eigenvalue weighted by atomic mass is 10.4. The minimum absolute atomic E-state index is 0.0511. The SMILES string of the molecule is COCCNCC(=O)N(CCOC)CCOC. The summed E-state index contributed by atoms with van der Waals surface area (Å²) >= 11 is 0. The van der Waals surface area contributed by atoms with Gasteiger partial charge in [0, 0.05) is 41.0 Å². The number of methoxy groups -OCH3 is 3. The van der Waals surface area contributed by atoms with E-state index in [1.165, 1.54) is 0 Å². The van der Waals surface area contributed by atoms with Crippen LogP contribution in [0.3, 0.4) is 0 Å². The third-order valence-corrected chi connectivity index (χ3v) is 2.24. The number of hydrogen-bond acceptors (Lipinski definition) is 5. The van der Waals surface area contributed by atoms with Gasteiger partial charge in [0.15, 0.2) is 0 Å². The van der Waals surface area contributed by atoms with E-state index in [2.05, 4.69) is 5.32 Å². The van der Waals surface area contributed by atoms with E-state index < -0.39 is 0 Å². The summed E-state index contributed by atoms with van der Waals surface area (Å²) in [6, 6.07) is 0. The molecular formula is C11H24N2O4. The Morgan fingerprint density at radius 3 is 2.00 bits per heavy atom. The fourth-order valence-corrected chi connectivity index (χ4v) is 1.25. The van der Waals surface area contributed by atoms with Gasteiger partial charge in [-0.25, -0.2) is 0 Å². The molecule has 0 bridgehead atoms. The highest BCUT2D eigenvalue weighted by molar-refractivity contribution is 5.78. The maximum Gasteiger partial charge on any atom is 0.236 e. The van der Waals surface area contributed by atoms with Crippen LogP contribution in [0.15, 0.2) is 0 Å². The molecule has 0 aromatic heterocycles. The lowest BCUT2D eigenvalue weighted by Gasteiger charge is -2.22. The van der Waals surface area contributed by atoms with Crippen LogP contribution in [-0.4, -0.2) is 78.1 Å². The number of hydrogen-bond donors (Lipinski definition) is 1. The number of carbonyl (C=O) groups is 1. The van der Waals surface area contributed by atoms with Crippen molar-refractivity contribution in [3.63, 3.8) is 0 Å². The zero-order valence-electron chi connectivity index (χ0n) is 11.0. The molecule has 0 atom stereocenters. The molecular weight excluding hydrogens is 224 g/mol. The van der Waals surface area contributed by atoms with Gasteiger partial charge < -0.3 is 24.4 Å². The summed E-state index contributed by atoms with van der Waals surface area (Å²) in [7, 11) is 4.87. The van der Waals surface area contributed by atoms with E-state index in [0.717, 1.165) is 0 Å². The quantitative estimate of drug-likeness (QED) is 0.492. The normalized spacial score (nSPS) is 10.5. The maximum absolute atomic E-state index is 11.8. The molecule has 1 N–H and O–H groups in total. The maximum atomic E-state index is 11.8. The van der Waals surface area contributed by atoms with E-state index in [0.29, 0.717) is 46.0 Å². The Bertz CT molecular complexity index is 182. The predicted octanol–water partition coefficient (Wildman–Crippen LogP) is -0.656. The monoisotopic (exact) mass is 248 g/mol. The molecule has 0 radical (unpaired) electrons. The van der Waals surface area contributed by atoms with Crippen LogP contribution in [0.25, 0.3) is 0 Å². The Labute approximate surface area is 103 Å². The van der Waals surface area contributed by atoms with Gasteiger partial charge in [-0.05, 0) is 0 Å². The van der Waals surface area contributed by atoms with Crippen molar-refractivity contribution < 1.29 is 19.0 Å². The predicted molar refractivity (Wildman–Crippen MR) is 65.1 cm³/mol. The van der Waals surface area contributed by atoms with Gasteiger partial charge in [-0.2, -0.15) is 0 Å². The number of nitrogens with one attached hydrogen (secondary N) is 1. The number of carbonyl (C=O) groups excluding carboxylic acids is 1. The van der Waals surface area contributed by atoms with Crippen LogP contribution in [-0.2, 0) is 19.0 Å². The van der Waals surface area contributed by atoms with Crippen LogP contribution >= 0.6 is 0 Å². The average molecular weight is 248 g/mol. The van der Waals surface area contributed by atoms with Crippen molar-refractivity contribution in [2.45, 2.75) is 0 Å². The van der Waals surface area contributed by atoms with Crippen LogP contribution in [0, 0.1) is 0 Å². The van der Waals surface area contributed by atoms with Gasteiger partial charge in [0.25, 0.3) is 0 Å². The van der Waals surface area contributed by atoms with Gasteiger partial charge in [0.1, 0.15) is 0 Å². The van der Waals surface area contributed by atoms with Gasteiger partial charge in [-0.3, -0.25) is 4.79 Å². The Hall–Kier alpha value is -0.690. The van der Waals surface area contributed by atoms with Crippen LogP contribution in [0.4, 0.5) is 0 Å². The summed E-state index contributed by atoms with van der Waals surface area (Å²) in [5.41, 5.74) is 0. The van der Waals surface area contributed by atoms with E-state index in [4.69, 9.17) is 14.2 Å². The van der Waals surface area contributed by atoms with Gasteiger partial charge in [-0.15, -0.1) is 0 Å². The van der Waals surface area contributed by atoms with E-state index in [1.807, 2.05) is 0 Å². The van der Waals surface area contributed by atoms with E-state index >= 15 is 0 Å². The average Bonchev–Trinajstić information content (AvgIpc) is 2.34. The molecule has 6 heteroatoms. The first-order valence-electron chi connectivity index (χ1n) is 5.71. The molecule has 0 saturated carbocycles. The Kier molecular flexibility index (Phi) is 11.3. The molecule has 0 aromatic rings. The smallest absolute Gasteiger partial charge is 0.236 e. The second-order valence-electron chi connectivity index (χ2n) is 3.54. The highest BCUT2D eigenvalue weighted by Gasteiger charge is 2.11. The van der Waals surface area contributed by atoms with Gasteiger partial charge >= 0.3 is 0 Å². The van der Waals surface area contributed by atoms with E-state index in [1.54, 1.807) is 26.2 Å². The summed E-state index contributed by atoms with van der Waals surface area (Å²) < 4.78 is 14.8. The van der Waals surface area contributed by atoms with Crippen molar-refractivity contribution in [2.75, 3.05) is 67.3 Å². The standard InChI is InChI=1S/C11H24N2O4/c1-15-7-4-12-10-11(14)13(5-8-16-2)6-9-17-3/h12H,4-10H2,1-3H3. The molecule has 0 aliphatic heterocycles. The second kappa shape index (κ2) is 11.8. The van der Waals surface area contributed by atoms with Crippen LogP contribution in [0.2, 0.25) is 0 Å². The minimum atomic E-state index is 0.0511. The van der Waals surface area contributed by atoms with Crippen LogP contribution in [0.1, 0.15) is 0 Å². The summed E-state index contributed by atoms with van der Waals surface area (Å²) in [5, 5.41) is 3.02. The molecule has 102 valence electrons. The molecule has 0 unspecified atom stereocenters. The topological polar surface area (TPSA) is 60.0 Å². The molecule has 0 heterocycles. The van der Waals surface area contributed by atoms with Crippen LogP contribution in [0.5, 0.6) is 0 Å². The fourth-order valence-electron chi connectivity index (χ4n) is 1.25. The van der Waals surface area contributed by atoms with E-state index in [-0.39, 0.29) is 5.91 Å². The molecule has 17 heavy (non-hydrogen) atoms. The molecule has 6 nitrogen and oxygen atoms in total. The molecule has 0 spiro atoms. The molecule has 1 amide bonds. The largest absolute Gasteiger partial charge is 0.383 e. The molecule has 0 aliphatic rings. The molecule has 0 aliphatic carbocycles. The Morgan fingerprint density at radius 1 is 1.00 bits per heavy atom. The van der Waals surface area contributed by atoms with Gasteiger partial charge in [0.2, 0.25) is 5.91 Å². The first-order valence-corrected chi connectivity index (χ1v) is 5.71. The Balaban J connectivity index is 3.85. The number of rotatable bonds is 11. The summed E-state index contributed by atoms with van der Waals surface area (Å²) in [5.74, 6) is 0.0511. The summed E-state index contributed by atoms with van der Waals surface area (Å²) in [6.07, 6.45) is 0. The lowest BCUT2D eigenvalue weighted by molar-refractivity contribution is -0.131. The van der Waals surface area contributed by atoms with Crippen molar-refractivity contribution in [3.05, 3.63) is 0 Å². The van der Waals surface area contributed by atoms with Crippen molar-refractivity contribution in [2.24, 2.45) is 0 Å². The first-order chi connectivity index (χ1) is 8.26. The van der Waals surface area contributed by atoms with Crippen molar-refractivity contribution in [1.29, 1.82) is 0 Å². The third-order valence-electron chi connectivity index (χ3n) is 2.24. The first kappa shape index (κ1) is 16.3. The minimum Gasteiger partial charge on any atom is -0.383 e. The van der Waals surface area contributed by atoms with Crippen molar-refractivity contribution >= 4 is 5.91 Å². The molecule has 0 rings (SSSR count). The molecule has 0 fully saturated rings. The number of ether oxygens (including phenoxy) is 3. The van der Waals surface area contributed by atoms with Gasteiger partial charge in [0.05, 0.1) is 26.4 Å².